The predicted octanol–water partition coefficient (Wildman–Crippen LogP) is 1.87. The minimum atomic E-state index is -1.36. The number of hydrogen-bond acceptors (Lipinski definition) is 3. The number of hydrogen-bond donors (Lipinski definition) is 3. The minimum Gasteiger partial charge on any atom is -0.480 e. The van der Waals surface area contributed by atoms with Crippen LogP contribution in [0, 0.1) is 11.8 Å². The number of nitrogens with one attached hydrogen (secondary N) is 2. The van der Waals surface area contributed by atoms with Crippen LogP contribution in [0.1, 0.15) is 37.6 Å². The highest BCUT2D eigenvalue weighted by Crippen LogP contribution is 2.38. The number of rotatable bonds is 5. The van der Waals surface area contributed by atoms with Crippen LogP contribution in [0.15, 0.2) is 24.3 Å². The topological polar surface area (TPSA) is 95.5 Å². The Bertz CT molecular complexity index is 624. The van der Waals surface area contributed by atoms with Crippen LogP contribution in [0.5, 0.6) is 0 Å². The van der Waals surface area contributed by atoms with Crippen LogP contribution < -0.4 is 10.6 Å². The standard InChI is InChI=1S/C16H20N2O4/c1-9-7-12(9)14(20)17-11-6-4-5-10(8-11)13(19)18-16(2,3)15(21)22/h4-6,8-9,12H,7H2,1-3H3,(H,17,20)(H,18,19)(H,21,22). The van der Waals surface area contributed by atoms with E-state index in [0.717, 1.165) is 6.42 Å². The molecule has 1 aliphatic rings. The Kier molecular flexibility index (Phi) is 4.21. The number of benzene rings is 1. The van der Waals surface area contributed by atoms with Gasteiger partial charge in [0.15, 0.2) is 0 Å². The zero-order valence-corrected chi connectivity index (χ0v) is 12.8. The van der Waals surface area contributed by atoms with E-state index in [1.165, 1.54) is 19.9 Å². The molecular formula is C16H20N2O4. The Morgan fingerprint density at radius 3 is 2.45 bits per heavy atom. The van der Waals surface area contributed by atoms with Crippen LogP contribution in [-0.4, -0.2) is 28.4 Å². The zero-order chi connectivity index (χ0) is 16.5. The van der Waals surface area contributed by atoms with E-state index in [0.29, 0.717) is 17.2 Å². The van der Waals surface area contributed by atoms with Crippen molar-refractivity contribution in [2.75, 3.05) is 5.32 Å². The van der Waals surface area contributed by atoms with Crippen LogP contribution in [0.25, 0.3) is 0 Å². The van der Waals surface area contributed by atoms with Crippen molar-refractivity contribution in [1.29, 1.82) is 0 Å². The molecule has 0 bridgehead atoms. The lowest BCUT2D eigenvalue weighted by Crippen LogP contribution is -2.49. The first-order valence-electron chi connectivity index (χ1n) is 7.17. The van der Waals surface area contributed by atoms with Gasteiger partial charge >= 0.3 is 5.97 Å². The van der Waals surface area contributed by atoms with E-state index in [4.69, 9.17) is 5.11 Å². The number of anilines is 1. The molecule has 1 saturated carbocycles. The first kappa shape index (κ1) is 16.0. The summed E-state index contributed by atoms with van der Waals surface area (Å²) in [5.74, 6) is -1.21. The van der Waals surface area contributed by atoms with Crippen LogP contribution in [0.3, 0.4) is 0 Å². The van der Waals surface area contributed by atoms with Gasteiger partial charge in [-0.25, -0.2) is 4.79 Å². The van der Waals surface area contributed by atoms with Gasteiger partial charge in [0.25, 0.3) is 5.91 Å². The molecule has 1 aromatic carbocycles. The first-order chi connectivity index (χ1) is 10.2. The molecule has 0 heterocycles. The second kappa shape index (κ2) is 5.79. The molecule has 6 nitrogen and oxygen atoms in total. The van der Waals surface area contributed by atoms with Crippen molar-refractivity contribution in [2.24, 2.45) is 11.8 Å². The Balaban J connectivity index is 2.06. The van der Waals surface area contributed by atoms with Crippen LogP contribution in [0.4, 0.5) is 5.69 Å². The predicted molar refractivity (Wildman–Crippen MR) is 81.5 cm³/mol. The average molecular weight is 304 g/mol. The fourth-order valence-electron chi connectivity index (χ4n) is 2.07. The minimum absolute atomic E-state index is 0.0448. The summed E-state index contributed by atoms with van der Waals surface area (Å²) in [6, 6.07) is 6.46. The van der Waals surface area contributed by atoms with Crippen LogP contribution in [0.2, 0.25) is 0 Å². The molecule has 2 atom stereocenters. The lowest BCUT2D eigenvalue weighted by Gasteiger charge is -2.21. The molecule has 118 valence electrons. The molecule has 2 amide bonds. The highest BCUT2D eigenvalue weighted by molar-refractivity contribution is 6.00. The Morgan fingerprint density at radius 1 is 1.27 bits per heavy atom. The smallest absolute Gasteiger partial charge is 0.328 e. The van der Waals surface area contributed by atoms with Crippen molar-refractivity contribution >= 4 is 23.5 Å². The molecule has 0 saturated heterocycles. The number of carboxylic acid groups (broad SMARTS) is 1. The SMILES string of the molecule is CC1CC1C(=O)Nc1cccc(C(=O)NC(C)(C)C(=O)O)c1. The van der Waals surface area contributed by atoms with E-state index in [1.54, 1.807) is 18.2 Å². The number of aliphatic carboxylic acids is 1. The van der Waals surface area contributed by atoms with Gasteiger partial charge in [-0.1, -0.05) is 13.0 Å². The monoisotopic (exact) mass is 304 g/mol. The highest BCUT2D eigenvalue weighted by atomic mass is 16.4. The molecule has 2 rings (SSSR count). The van der Waals surface area contributed by atoms with E-state index in [2.05, 4.69) is 10.6 Å². The Morgan fingerprint density at radius 2 is 1.91 bits per heavy atom. The van der Waals surface area contributed by atoms with Crippen LogP contribution in [-0.2, 0) is 9.59 Å². The molecule has 2 unspecified atom stereocenters. The van der Waals surface area contributed by atoms with Gasteiger partial charge in [0.2, 0.25) is 5.91 Å². The number of carbonyl (C=O) groups excluding carboxylic acids is 2. The van der Waals surface area contributed by atoms with Gasteiger partial charge in [0.05, 0.1) is 0 Å². The summed E-state index contributed by atoms with van der Waals surface area (Å²) >= 11 is 0. The summed E-state index contributed by atoms with van der Waals surface area (Å²) in [4.78, 5) is 35.1. The number of carboxylic acids is 1. The maximum Gasteiger partial charge on any atom is 0.328 e. The van der Waals surface area contributed by atoms with Crippen molar-refractivity contribution in [3.05, 3.63) is 29.8 Å². The van der Waals surface area contributed by atoms with Crippen LogP contribution >= 0.6 is 0 Å². The van der Waals surface area contributed by atoms with E-state index in [9.17, 15) is 14.4 Å². The molecule has 6 heteroatoms. The van der Waals surface area contributed by atoms with Gasteiger partial charge < -0.3 is 15.7 Å². The summed E-state index contributed by atoms with van der Waals surface area (Å²) in [6.07, 6.45) is 0.888. The summed E-state index contributed by atoms with van der Waals surface area (Å²) in [5.41, 5.74) is -0.527. The van der Waals surface area contributed by atoms with Gasteiger partial charge in [-0.2, -0.15) is 0 Å². The van der Waals surface area contributed by atoms with Gasteiger partial charge in [-0.15, -0.1) is 0 Å². The van der Waals surface area contributed by atoms with Crippen molar-refractivity contribution in [3.8, 4) is 0 Å². The lowest BCUT2D eigenvalue weighted by atomic mass is 10.0. The largest absolute Gasteiger partial charge is 0.480 e. The van der Waals surface area contributed by atoms with Gasteiger partial charge in [-0.3, -0.25) is 9.59 Å². The second-order valence-electron chi connectivity index (χ2n) is 6.27. The zero-order valence-electron chi connectivity index (χ0n) is 12.8. The summed E-state index contributed by atoms with van der Waals surface area (Å²) in [6.45, 7) is 4.84. The molecule has 22 heavy (non-hydrogen) atoms. The third-order valence-corrected chi connectivity index (χ3v) is 3.80. The maximum atomic E-state index is 12.1. The van der Waals surface area contributed by atoms with Crippen molar-refractivity contribution < 1.29 is 19.5 Å². The summed E-state index contributed by atoms with van der Waals surface area (Å²) in [7, 11) is 0. The van der Waals surface area contributed by atoms with E-state index < -0.39 is 17.4 Å². The molecule has 0 aromatic heterocycles. The average Bonchev–Trinajstić information content (AvgIpc) is 3.15. The molecule has 0 aliphatic heterocycles. The van der Waals surface area contributed by atoms with Crippen molar-refractivity contribution in [2.45, 2.75) is 32.7 Å². The third-order valence-electron chi connectivity index (χ3n) is 3.80. The van der Waals surface area contributed by atoms with Gasteiger partial charge in [0, 0.05) is 17.2 Å². The van der Waals surface area contributed by atoms with E-state index >= 15 is 0 Å². The van der Waals surface area contributed by atoms with E-state index in [-0.39, 0.29) is 11.8 Å². The third kappa shape index (κ3) is 3.63. The van der Waals surface area contributed by atoms with Crippen molar-refractivity contribution in [3.63, 3.8) is 0 Å². The molecular weight excluding hydrogens is 284 g/mol. The molecule has 1 aromatic rings. The molecule has 3 N–H and O–H groups in total. The highest BCUT2D eigenvalue weighted by Gasteiger charge is 2.39. The Labute approximate surface area is 128 Å². The summed E-state index contributed by atoms with van der Waals surface area (Å²) in [5, 5.41) is 14.3. The fraction of sp³-hybridized carbons (Fsp3) is 0.438. The maximum absolute atomic E-state index is 12.1. The molecule has 1 aliphatic carbocycles. The summed E-state index contributed by atoms with van der Waals surface area (Å²) < 4.78 is 0. The first-order valence-corrected chi connectivity index (χ1v) is 7.17. The number of carbonyl (C=O) groups is 3. The van der Waals surface area contributed by atoms with Gasteiger partial charge in [-0.05, 0) is 44.4 Å². The quantitative estimate of drug-likeness (QED) is 0.774. The van der Waals surface area contributed by atoms with Gasteiger partial charge in [0.1, 0.15) is 5.54 Å². The van der Waals surface area contributed by atoms with Crippen molar-refractivity contribution in [1.82, 2.24) is 5.32 Å². The fourth-order valence-corrected chi connectivity index (χ4v) is 2.07. The second-order valence-corrected chi connectivity index (χ2v) is 6.27. The number of amides is 2. The molecule has 1 fully saturated rings. The Hall–Kier alpha value is -2.37. The normalized spacial score (nSPS) is 20.1. The molecule has 0 radical (unpaired) electrons. The van der Waals surface area contributed by atoms with E-state index in [1.807, 2.05) is 6.92 Å². The molecule has 0 spiro atoms. The lowest BCUT2D eigenvalue weighted by molar-refractivity contribution is -0.143.